The Kier molecular flexibility index (Phi) is 5.36. The second-order valence-electron chi connectivity index (χ2n) is 7.05. The summed E-state index contributed by atoms with van der Waals surface area (Å²) in [5, 5.41) is 21.6. The minimum absolute atomic E-state index is 0.00817. The Morgan fingerprint density at radius 3 is 2.39 bits per heavy atom. The van der Waals surface area contributed by atoms with Crippen molar-refractivity contribution in [3.63, 3.8) is 0 Å². The van der Waals surface area contributed by atoms with Gasteiger partial charge in [0.05, 0.1) is 22.8 Å². The first-order valence-corrected chi connectivity index (χ1v) is 9.58. The van der Waals surface area contributed by atoms with Crippen molar-refractivity contribution in [1.29, 1.82) is 0 Å². The molecule has 0 saturated heterocycles. The maximum Gasteiger partial charge on any atom is 0.290 e. The number of furan rings is 1. The molecule has 1 aliphatic rings. The summed E-state index contributed by atoms with van der Waals surface area (Å²) < 4.78 is 5.18. The van der Waals surface area contributed by atoms with Crippen LogP contribution in [0.4, 0.5) is 5.69 Å². The zero-order valence-electron chi connectivity index (χ0n) is 16.3. The number of hydrogen-bond donors (Lipinski definition) is 1. The van der Waals surface area contributed by atoms with E-state index < -0.39 is 28.4 Å². The predicted molar refractivity (Wildman–Crippen MR) is 110 cm³/mol. The SMILES string of the molecule is O=C(C1=C(O)C(=O)N(CCc2ccccc2)C1c1ccc([N+](=O)[O-])cc1)c1ccco1. The van der Waals surface area contributed by atoms with Crippen molar-refractivity contribution in [1.82, 2.24) is 4.90 Å². The number of aliphatic hydroxyl groups excluding tert-OH is 1. The van der Waals surface area contributed by atoms with E-state index in [1.807, 2.05) is 30.3 Å². The molecular formula is C23H18N2O6. The van der Waals surface area contributed by atoms with Crippen molar-refractivity contribution >= 4 is 17.4 Å². The third kappa shape index (κ3) is 3.83. The summed E-state index contributed by atoms with van der Waals surface area (Å²) in [7, 11) is 0. The number of carbonyl (C=O) groups excluding carboxylic acids is 2. The van der Waals surface area contributed by atoms with E-state index in [9.17, 15) is 24.8 Å². The minimum atomic E-state index is -0.894. The van der Waals surface area contributed by atoms with E-state index in [-0.39, 0.29) is 23.6 Å². The van der Waals surface area contributed by atoms with Gasteiger partial charge in [0, 0.05) is 18.7 Å². The van der Waals surface area contributed by atoms with Crippen LogP contribution in [0.25, 0.3) is 0 Å². The molecule has 1 unspecified atom stereocenters. The van der Waals surface area contributed by atoms with Gasteiger partial charge in [-0.1, -0.05) is 30.3 Å². The lowest BCUT2D eigenvalue weighted by molar-refractivity contribution is -0.384. The van der Waals surface area contributed by atoms with Crippen LogP contribution in [0, 0.1) is 10.1 Å². The fourth-order valence-electron chi connectivity index (χ4n) is 3.68. The summed E-state index contributed by atoms with van der Waals surface area (Å²) in [4.78, 5) is 37.8. The highest BCUT2D eigenvalue weighted by molar-refractivity contribution is 6.15. The molecule has 3 aromatic rings. The molecule has 1 aromatic heterocycles. The fourth-order valence-corrected chi connectivity index (χ4v) is 3.68. The van der Waals surface area contributed by atoms with Crippen LogP contribution in [0.2, 0.25) is 0 Å². The van der Waals surface area contributed by atoms with Gasteiger partial charge in [-0.3, -0.25) is 19.7 Å². The van der Waals surface area contributed by atoms with Crippen LogP contribution in [-0.2, 0) is 11.2 Å². The van der Waals surface area contributed by atoms with Gasteiger partial charge in [0.15, 0.2) is 11.5 Å². The largest absolute Gasteiger partial charge is 0.503 e. The molecule has 4 rings (SSSR count). The molecule has 0 bridgehead atoms. The molecular weight excluding hydrogens is 400 g/mol. The zero-order valence-corrected chi connectivity index (χ0v) is 16.3. The first-order chi connectivity index (χ1) is 15.0. The molecule has 2 aromatic carbocycles. The predicted octanol–water partition coefficient (Wildman–Crippen LogP) is 4.01. The molecule has 1 N–H and O–H groups in total. The summed E-state index contributed by atoms with van der Waals surface area (Å²) >= 11 is 0. The van der Waals surface area contributed by atoms with Crippen LogP contribution in [0.15, 0.2) is 88.7 Å². The number of nitrogens with zero attached hydrogens (tertiary/aromatic N) is 2. The molecule has 0 fully saturated rings. The van der Waals surface area contributed by atoms with Gasteiger partial charge in [-0.25, -0.2) is 0 Å². The molecule has 0 radical (unpaired) electrons. The zero-order chi connectivity index (χ0) is 22.0. The standard InChI is InChI=1S/C23H18N2O6/c26-21(18-7-4-14-31-18)19-20(16-8-10-17(11-9-16)25(29)30)24(23(28)22(19)27)13-12-15-5-2-1-3-6-15/h1-11,14,20,27H,12-13H2. The lowest BCUT2D eigenvalue weighted by Crippen LogP contribution is -2.33. The summed E-state index contributed by atoms with van der Waals surface area (Å²) in [6, 6.07) is 17.2. The molecule has 8 nitrogen and oxygen atoms in total. The highest BCUT2D eigenvalue weighted by Gasteiger charge is 2.44. The summed E-state index contributed by atoms with van der Waals surface area (Å²) in [5.41, 5.74) is 1.24. The molecule has 1 aliphatic heterocycles. The van der Waals surface area contributed by atoms with Crippen LogP contribution in [0.3, 0.4) is 0 Å². The molecule has 2 heterocycles. The van der Waals surface area contributed by atoms with Gasteiger partial charge in [-0.15, -0.1) is 0 Å². The number of amides is 1. The molecule has 0 spiro atoms. The first kappa shape index (κ1) is 20.1. The Hall–Kier alpha value is -4.20. The number of ketones is 1. The van der Waals surface area contributed by atoms with E-state index in [1.165, 1.54) is 47.6 Å². The maximum atomic E-state index is 13.0. The quantitative estimate of drug-likeness (QED) is 0.352. The number of aliphatic hydroxyl groups is 1. The Morgan fingerprint density at radius 2 is 1.77 bits per heavy atom. The smallest absolute Gasteiger partial charge is 0.290 e. The first-order valence-electron chi connectivity index (χ1n) is 9.58. The monoisotopic (exact) mass is 418 g/mol. The number of hydrogen-bond acceptors (Lipinski definition) is 6. The van der Waals surface area contributed by atoms with E-state index in [2.05, 4.69) is 0 Å². The topological polar surface area (TPSA) is 114 Å². The number of benzene rings is 2. The lowest BCUT2D eigenvalue weighted by Gasteiger charge is -2.26. The van der Waals surface area contributed by atoms with Gasteiger partial charge < -0.3 is 14.4 Å². The number of rotatable bonds is 7. The molecule has 1 amide bonds. The Labute approximate surface area is 177 Å². The summed E-state index contributed by atoms with van der Waals surface area (Å²) in [6.07, 6.45) is 1.83. The van der Waals surface area contributed by atoms with Crippen LogP contribution in [-0.4, -0.2) is 33.2 Å². The van der Waals surface area contributed by atoms with Crippen molar-refractivity contribution < 1.29 is 24.0 Å². The Bertz CT molecular complexity index is 1150. The van der Waals surface area contributed by atoms with E-state index in [1.54, 1.807) is 0 Å². The van der Waals surface area contributed by atoms with Crippen molar-refractivity contribution in [2.24, 2.45) is 0 Å². The second kappa shape index (κ2) is 8.27. The molecule has 1 atom stereocenters. The molecule has 156 valence electrons. The van der Waals surface area contributed by atoms with Crippen LogP contribution >= 0.6 is 0 Å². The number of nitro groups is 1. The van der Waals surface area contributed by atoms with Gasteiger partial charge in [-0.05, 0) is 41.8 Å². The number of non-ortho nitro benzene ring substituents is 1. The minimum Gasteiger partial charge on any atom is -0.503 e. The molecule has 0 aliphatic carbocycles. The lowest BCUT2D eigenvalue weighted by atomic mass is 9.94. The molecule has 31 heavy (non-hydrogen) atoms. The molecule has 0 saturated carbocycles. The highest BCUT2D eigenvalue weighted by atomic mass is 16.6. The average Bonchev–Trinajstić information content (AvgIpc) is 3.41. The van der Waals surface area contributed by atoms with Crippen LogP contribution in [0.1, 0.15) is 27.7 Å². The second-order valence-corrected chi connectivity index (χ2v) is 7.05. The molecule has 8 heteroatoms. The van der Waals surface area contributed by atoms with Gasteiger partial charge in [0.1, 0.15) is 0 Å². The fraction of sp³-hybridized carbons (Fsp3) is 0.130. The number of carbonyl (C=O) groups is 2. The van der Waals surface area contributed by atoms with Gasteiger partial charge in [-0.2, -0.15) is 0 Å². The van der Waals surface area contributed by atoms with Crippen molar-refractivity contribution in [3.05, 3.63) is 111 Å². The van der Waals surface area contributed by atoms with Crippen molar-refractivity contribution in [3.8, 4) is 0 Å². The third-order valence-corrected chi connectivity index (χ3v) is 5.20. The van der Waals surface area contributed by atoms with Crippen molar-refractivity contribution in [2.75, 3.05) is 6.54 Å². The van der Waals surface area contributed by atoms with E-state index in [4.69, 9.17) is 4.42 Å². The summed E-state index contributed by atoms with van der Waals surface area (Å²) in [6.45, 7) is 0.240. The van der Waals surface area contributed by atoms with Crippen LogP contribution in [0.5, 0.6) is 0 Å². The van der Waals surface area contributed by atoms with Gasteiger partial charge in [0.25, 0.3) is 11.6 Å². The Morgan fingerprint density at radius 1 is 1.06 bits per heavy atom. The number of nitro benzene ring substituents is 1. The summed E-state index contributed by atoms with van der Waals surface area (Å²) in [5.74, 6) is -1.93. The number of Topliss-reactive ketones (excluding diaryl/α,β-unsaturated/α-hetero) is 1. The van der Waals surface area contributed by atoms with E-state index in [0.29, 0.717) is 12.0 Å². The Balaban J connectivity index is 1.72. The van der Waals surface area contributed by atoms with E-state index >= 15 is 0 Å². The van der Waals surface area contributed by atoms with Gasteiger partial charge >= 0.3 is 0 Å². The van der Waals surface area contributed by atoms with Crippen molar-refractivity contribution in [2.45, 2.75) is 12.5 Å². The van der Waals surface area contributed by atoms with Gasteiger partial charge in [0.2, 0.25) is 5.78 Å². The van der Waals surface area contributed by atoms with E-state index in [0.717, 1.165) is 5.56 Å². The third-order valence-electron chi connectivity index (χ3n) is 5.20. The average molecular weight is 418 g/mol. The maximum absolute atomic E-state index is 13.0. The highest BCUT2D eigenvalue weighted by Crippen LogP contribution is 2.39. The normalized spacial score (nSPS) is 16.1. The van der Waals surface area contributed by atoms with Crippen LogP contribution < -0.4 is 0 Å².